The average Bonchev–Trinajstić information content (AvgIpc) is 2.61. The number of phosphoric acid groups is 1. The third-order valence-electron chi connectivity index (χ3n) is 4.58. The summed E-state index contributed by atoms with van der Waals surface area (Å²) in [6.45, 7) is 0.172. The fourth-order valence-electron chi connectivity index (χ4n) is 2.95. The van der Waals surface area contributed by atoms with E-state index in [2.05, 4.69) is 12.1 Å². The minimum absolute atomic E-state index is 0.0860. The molecule has 2 rings (SSSR count). The quantitative estimate of drug-likeness (QED) is 0.480. The number of nitrogens with two attached hydrogens (primary N) is 1. The van der Waals surface area contributed by atoms with Gasteiger partial charge in [0, 0.05) is 0 Å². The number of rotatable bonds is 10. The molecule has 0 aliphatic carbocycles. The minimum Gasteiger partial charge on any atom is -0.497 e. The average molecular weight is 371 g/mol. The van der Waals surface area contributed by atoms with Gasteiger partial charge in [0.25, 0.3) is 0 Å². The molecule has 1 aromatic carbocycles. The number of unbranched alkanes of at least 4 members (excludes halogenated alkanes) is 5. The molecule has 1 aliphatic heterocycles. The van der Waals surface area contributed by atoms with Gasteiger partial charge >= 0.3 is 7.82 Å². The maximum atomic E-state index is 11.2. The van der Waals surface area contributed by atoms with Crippen molar-refractivity contribution in [1.82, 2.24) is 0 Å². The minimum atomic E-state index is -3.84. The van der Waals surface area contributed by atoms with E-state index in [9.17, 15) is 4.57 Å². The van der Waals surface area contributed by atoms with Gasteiger partial charge in [0.15, 0.2) is 0 Å². The zero-order valence-electron chi connectivity index (χ0n) is 15.0. The predicted octanol–water partition coefficient (Wildman–Crippen LogP) is 3.81. The van der Waals surface area contributed by atoms with Crippen LogP contribution >= 0.6 is 7.82 Å². The summed E-state index contributed by atoms with van der Waals surface area (Å²) < 4.78 is 25.9. The fourth-order valence-corrected chi connectivity index (χ4v) is 3.86. The third kappa shape index (κ3) is 7.47. The van der Waals surface area contributed by atoms with Crippen LogP contribution in [0.2, 0.25) is 0 Å². The lowest BCUT2D eigenvalue weighted by Gasteiger charge is -2.34. The van der Waals surface area contributed by atoms with Crippen LogP contribution in [-0.4, -0.2) is 30.8 Å². The highest BCUT2D eigenvalue weighted by Crippen LogP contribution is 2.47. The van der Waals surface area contributed by atoms with Gasteiger partial charge < -0.3 is 15.4 Å². The zero-order valence-corrected chi connectivity index (χ0v) is 15.9. The van der Waals surface area contributed by atoms with E-state index >= 15 is 0 Å². The number of ether oxygens (including phenoxy) is 1. The smallest absolute Gasteiger partial charge is 0.472 e. The number of hydrogen-bond acceptors (Lipinski definition) is 5. The molecule has 6 nitrogen and oxygen atoms in total. The topological polar surface area (TPSA) is 91.0 Å². The molecule has 0 bridgehead atoms. The monoisotopic (exact) mass is 371 g/mol. The normalized spacial score (nSPS) is 26.5. The lowest BCUT2D eigenvalue weighted by Crippen LogP contribution is -2.50. The summed E-state index contributed by atoms with van der Waals surface area (Å²) >= 11 is 0. The van der Waals surface area contributed by atoms with Gasteiger partial charge in [0.2, 0.25) is 0 Å². The first-order valence-electron chi connectivity index (χ1n) is 8.96. The van der Waals surface area contributed by atoms with Crippen molar-refractivity contribution < 1.29 is 23.2 Å². The van der Waals surface area contributed by atoms with Gasteiger partial charge in [-0.05, 0) is 37.0 Å². The number of benzene rings is 1. The van der Waals surface area contributed by atoms with Gasteiger partial charge in [-0.1, -0.05) is 44.2 Å². The van der Waals surface area contributed by atoms with E-state index in [1.807, 2.05) is 12.1 Å². The first-order valence-corrected chi connectivity index (χ1v) is 10.5. The zero-order chi connectivity index (χ0) is 18.2. The van der Waals surface area contributed by atoms with Crippen LogP contribution in [-0.2, 0) is 20.0 Å². The number of hydrogen-bond donors (Lipinski definition) is 2. The Labute approximate surface area is 150 Å². The van der Waals surface area contributed by atoms with Gasteiger partial charge in [-0.3, -0.25) is 9.05 Å². The molecule has 142 valence electrons. The van der Waals surface area contributed by atoms with E-state index in [1.165, 1.54) is 31.2 Å². The number of phosphoric ester groups is 1. The van der Waals surface area contributed by atoms with Crippen LogP contribution in [0, 0.1) is 0 Å². The maximum absolute atomic E-state index is 11.2. The highest BCUT2D eigenvalue weighted by Gasteiger charge is 2.38. The molecule has 3 N–H and O–H groups in total. The van der Waals surface area contributed by atoms with Crippen LogP contribution in [0.15, 0.2) is 24.3 Å². The predicted molar refractivity (Wildman–Crippen MR) is 97.7 cm³/mol. The molecule has 0 amide bonds. The molecule has 0 spiro atoms. The van der Waals surface area contributed by atoms with Crippen LogP contribution in [0.1, 0.15) is 50.5 Å². The Balaban J connectivity index is 1.49. The summed E-state index contributed by atoms with van der Waals surface area (Å²) in [6, 6.07) is 8.26. The summed E-state index contributed by atoms with van der Waals surface area (Å²) in [5.41, 5.74) is 6.85. The molecule has 0 atom stereocenters. The van der Waals surface area contributed by atoms with Crippen molar-refractivity contribution in [3.05, 3.63) is 29.8 Å². The summed E-state index contributed by atoms with van der Waals surface area (Å²) in [6.07, 6.45) is 8.76. The van der Waals surface area contributed by atoms with Crippen molar-refractivity contribution in [2.75, 3.05) is 20.3 Å². The SMILES string of the molecule is COc1ccc(CCCCCCCCC2(N)COP(=O)(O)OC2)cc1. The van der Waals surface area contributed by atoms with Crippen molar-refractivity contribution in [3.8, 4) is 5.75 Å². The van der Waals surface area contributed by atoms with E-state index in [4.69, 9.17) is 24.4 Å². The summed E-state index contributed by atoms with van der Waals surface area (Å²) in [4.78, 5) is 9.16. The van der Waals surface area contributed by atoms with Gasteiger partial charge in [0.05, 0.1) is 25.9 Å². The van der Waals surface area contributed by atoms with Crippen LogP contribution in [0.25, 0.3) is 0 Å². The van der Waals surface area contributed by atoms with Crippen molar-refractivity contribution in [2.24, 2.45) is 5.73 Å². The Kier molecular flexibility index (Phi) is 7.91. The van der Waals surface area contributed by atoms with E-state index in [0.717, 1.165) is 31.4 Å². The Morgan fingerprint density at radius 2 is 1.64 bits per heavy atom. The van der Waals surface area contributed by atoms with Gasteiger partial charge in [-0.2, -0.15) is 0 Å². The van der Waals surface area contributed by atoms with Crippen molar-refractivity contribution in [3.63, 3.8) is 0 Å². The first-order chi connectivity index (χ1) is 11.9. The molecular formula is C18H30NO5P. The van der Waals surface area contributed by atoms with E-state index < -0.39 is 13.4 Å². The molecule has 1 aliphatic rings. The van der Waals surface area contributed by atoms with Crippen LogP contribution in [0.3, 0.4) is 0 Å². The third-order valence-corrected chi connectivity index (χ3v) is 5.49. The molecule has 1 heterocycles. The first kappa shape index (κ1) is 20.4. The molecule has 0 saturated carbocycles. The lowest BCUT2D eigenvalue weighted by molar-refractivity contribution is 0.0359. The largest absolute Gasteiger partial charge is 0.497 e. The van der Waals surface area contributed by atoms with Crippen molar-refractivity contribution in [1.29, 1.82) is 0 Å². The van der Waals surface area contributed by atoms with Crippen LogP contribution < -0.4 is 10.5 Å². The van der Waals surface area contributed by atoms with Crippen LogP contribution in [0.4, 0.5) is 0 Å². The molecule has 7 heteroatoms. The highest BCUT2D eigenvalue weighted by atomic mass is 31.2. The molecule has 0 aromatic heterocycles. The fraction of sp³-hybridized carbons (Fsp3) is 0.667. The second-order valence-corrected chi connectivity index (χ2v) is 8.30. The van der Waals surface area contributed by atoms with E-state index in [1.54, 1.807) is 7.11 Å². The summed E-state index contributed by atoms with van der Waals surface area (Å²) in [7, 11) is -2.16. The molecular weight excluding hydrogens is 341 g/mol. The molecule has 0 radical (unpaired) electrons. The standard InChI is InChI=1S/C18H30NO5P/c1-22-17-11-9-16(10-12-17)8-6-4-2-3-5-7-13-18(19)14-23-25(20,21)24-15-18/h9-12H,2-8,13-15,19H2,1H3,(H,20,21). The van der Waals surface area contributed by atoms with Gasteiger partial charge in [-0.15, -0.1) is 0 Å². The Morgan fingerprint density at radius 3 is 2.24 bits per heavy atom. The maximum Gasteiger partial charge on any atom is 0.472 e. The van der Waals surface area contributed by atoms with Crippen molar-refractivity contribution >= 4 is 7.82 Å². The second-order valence-electron chi connectivity index (χ2n) is 6.85. The lowest BCUT2D eigenvalue weighted by atomic mass is 9.94. The van der Waals surface area contributed by atoms with Gasteiger partial charge in [0.1, 0.15) is 5.75 Å². The second kappa shape index (κ2) is 9.70. The van der Waals surface area contributed by atoms with E-state index in [-0.39, 0.29) is 13.2 Å². The summed E-state index contributed by atoms with van der Waals surface area (Å²) in [5, 5.41) is 0. The highest BCUT2D eigenvalue weighted by molar-refractivity contribution is 7.47. The molecule has 0 unspecified atom stereocenters. The molecule has 25 heavy (non-hydrogen) atoms. The molecule has 1 fully saturated rings. The van der Waals surface area contributed by atoms with Crippen LogP contribution in [0.5, 0.6) is 5.75 Å². The molecule has 1 saturated heterocycles. The molecule has 1 aromatic rings. The Hall–Kier alpha value is -0.910. The summed E-state index contributed by atoms with van der Waals surface area (Å²) in [5.74, 6) is 0.900. The number of aryl methyl sites for hydroxylation is 1. The number of methoxy groups -OCH3 is 1. The Bertz CT molecular complexity index is 551. The van der Waals surface area contributed by atoms with Crippen molar-refractivity contribution in [2.45, 2.75) is 56.9 Å². The Morgan fingerprint density at radius 1 is 1.08 bits per heavy atom. The van der Waals surface area contributed by atoms with E-state index in [0.29, 0.717) is 0 Å². The van der Waals surface area contributed by atoms with Gasteiger partial charge in [-0.25, -0.2) is 4.57 Å².